The van der Waals surface area contributed by atoms with Crippen molar-refractivity contribution in [3.05, 3.63) is 64.6 Å². The molecule has 0 spiro atoms. The molecule has 0 aromatic heterocycles. The number of thiocarbonyl (C=S) groups is 1. The van der Waals surface area contributed by atoms with Crippen molar-refractivity contribution in [2.45, 2.75) is 0 Å². The number of aromatic carboxylic acids is 1. The molecule has 8 heteroatoms. The minimum absolute atomic E-state index is 0.115. The molecule has 2 aromatic carbocycles. The van der Waals surface area contributed by atoms with Crippen LogP contribution in [-0.2, 0) is 9.59 Å². The van der Waals surface area contributed by atoms with Crippen molar-refractivity contribution < 1.29 is 19.5 Å². The summed E-state index contributed by atoms with van der Waals surface area (Å²) in [4.78, 5) is 39.9. The molecule has 1 saturated heterocycles. The molecule has 0 bridgehead atoms. The van der Waals surface area contributed by atoms with Crippen molar-refractivity contribution in [2.24, 2.45) is 0 Å². The fourth-order valence-electron chi connectivity index (χ4n) is 3.08. The predicted octanol–water partition coefficient (Wildman–Crippen LogP) is 3.14. The summed E-state index contributed by atoms with van der Waals surface area (Å²) in [5.41, 5.74) is 2.37. The SMILES string of the molecule is CN1C(=O)/C(=C2/SC(=S)N(c3ccc(C(=O)O)cc3)C2=O)c2ccccc21. The van der Waals surface area contributed by atoms with Crippen molar-refractivity contribution in [3.8, 4) is 0 Å². The van der Waals surface area contributed by atoms with E-state index in [1.165, 1.54) is 34.1 Å². The van der Waals surface area contributed by atoms with Crippen LogP contribution in [0.25, 0.3) is 5.57 Å². The molecule has 1 fully saturated rings. The standard InChI is InChI=1S/C19H12N2O4S2/c1-20-13-5-3-2-4-12(13)14(16(20)22)15-17(23)21(19(26)27-15)11-8-6-10(7-9-11)18(24)25/h2-9H,1H3,(H,24,25)/b15-14+. The maximum absolute atomic E-state index is 13.1. The number of thioether (sulfide) groups is 1. The molecule has 2 aliphatic heterocycles. The number of carbonyl (C=O) groups excluding carboxylic acids is 2. The Labute approximate surface area is 164 Å². The highest BCUT2D eigenvalue weighted by atomic mass is 32.2. The van der Waals surface area contributed by atoms with Crippen molar-refractivity contribution >= 4 is 63.0 Å². The maximum atomic E-state index is 13.1. The first-order valence-corrected chi connectivity index (χ1v) is 9.14. The molecule has 6 nitrogen and oxygen atoms in total. The Morgan fingerprint density at radius 3 is 2.37 bits per heavy atom. The van der Waals surface area contributed by atoms with Crippen LogP contribution in [0.1, 0.15) is 15.9 Å². The van der Waals surface area contributed by atoms with E-state index in [0.717, 1.165) is 17.4 Å². The first-order chi connectivity index (χ1) is 12.9. The third-order valence-corrected chi connectivity index (χ3v) is 5.79. The summed E-state index contributed by atoms with van der Waals surface area (Å²) in [5, 5.41) is 9.02. The minimum atomic E-state index is -1.05. The molecule has 2 amide bonds. The highest BCUT2D eigenvalue weighted by molar-refractivity contribution is 8.27. The van der Waals surface area contributed by atoms with E-state index in [0.29, 0.717) is 21.1 Å². The number of rotatable bonds is 2. The van der Waals surface area contributed by atoms with E-state index in [1.807, 2.05) is 18.2 Å². The molecule has 2 aromatic rings. The molecule has 2 aliphatic rings. The van der Waals surface area contributed by atoms with Crippen LogP contribution in [0.5, 0.6) is 0 Å². The van der Waals surface area contributed by atoms with Gasteiger partial charge in [-0.15, -0.1) is 0 Å². The smallest absolute Gasteiger partial charge is 0.335 e. The van der Waals surface area contributed by atoms with Gasteiger partial charge in [-0.05, 0) is 30.3 Å². The molecule has 27 heavy (non-hydrogen) atoms. The predicted molar refractivity (Wildman–Crippen MR) is 108 cm³/mol. The zero-order chi connectivity index (χ0) is 19.3. The van der Waals surface area contributed by atoms with E-state index in [1.54, 1.807) is 13.1 Å². The van der Waals surface area contributed by atoms with Crippen LogP contribution >= 0.6 is 24.0 Å². The Morgan fingerprint density at radius 1 is 1.04 bits per heavy atom. The molecular weight excluding hydrogens is 384 g/mol. The summed E-state index contributed by atoms with van der Waals surface area (Å²) in [6, 6.07) is 13.2. The molecular formula is C19H12N2O4S2. The average molecular weight is 396 g/mol. The van der Waals surface area contributed by atoms with Gasteiger partial charge in [0.2, 0.25) is 0 Å². The summed E-state index contributed by atoms with van der Waals surface area (Å²) in [6.45, 7) is 0. The van der Waals surface area contributed by atoms with E-state index in [4.69, 9.17) is 17.3 Å². The lowest BCUT2D eigenvalue weighted by molar-refractivity contribution is -0.115. The number of benzene rings is 2. The van der Waals surface area contributed by atoms with Crippen LogP contribution < -0.4 is 9.80 Å². The van der Waals surface area contributed by atoms with Crippen LogP contribution in [-0.4, -0.2) is 34.3 Å². The third kappa shape index (κ3) is 2.65. The number of likely N-dealkylation sites (N-methyl/N-ethyl adjacent to an activating group) is 1. The van der Waals surface area contributed by atoms with Crippen molar-refractivity contribution in [2.75, 3.05) is 16.8 Å². The van der Waals surface area contributed by atoms with E-state index < -0.39 is 5.97 Å². The van der Waals surface area contributed by atoms with Gasteiger partial charge in [-0.25, -0.2) is 4.79 Å². The number of hydrogen-bond acceptors (Lipinski definition) is 5. The fourth-order valence-corrected chi connectivity index (χ4v) is 4.45. The topological polar surface area (TPSA) is 77.9 Å². The lowest BCUT2D eigenvalue weighted by atomic mass is 10.1. The molecule has 134 valence electrons. The van der Waals surface area contributed by atoms with Crippen LogP contribution in [0.3, 0.4) is 0 Å². The summed E-state index contributed by atoms with van der Waals surface area (Å²) in [7, 11) is 1.67. The first-order valence-electron chi connectivity index (χ1n) is 7.91. The van der Waals surface area contributed by atoms with E-state index in [2.05, 4.69) is 0 Å². The van der Waals surface area contributed by atoms with E-state index >= 15 is 0 Å². The Bertz CT molecular complexity index is 1060. The number of carboxylic acid groups (broad SMARTS) is 1. The largest absolute Gasteiger partial charge is 0.478 e. The van der Waals surface area contributed by atoms with E-state index in [-0.39, 0.29) is 22.3 Å². The van der Waals surface area contributed by atoms with Crippen LogP contribution in [0, 0.1) is 0 Å². The second-order valence-electron chi connectivity index (χ2n) is 5.95. The Kier molecular flexibility index (Phi) is 4.09. The molecule has 0 atom stereocenters. The molecule has 1 N–H and O–H groups in total. The second kappa shape index (κ2) is 6.33. The van der Waals surface area contributed by atoms with Gasteiger partial charge in [0.25, 0.3) is 11.8 Å². The van der Waals surface area contributed by atoms with Gasteiger partial charge in [0.05, 0.1) is 27.4 Å². The van der Waals surface area contributed by atoms with E-state index in [9.17, 15) is 14.4 Å². The van der Waals surface area contributed by atoms with Gasteiger partial charge in [0.1, 0.15) is 0 Å². The number of anilines is 2. The number of fused-ring (bicyclic) bond motifs is 1. The van der Waals surface area contributed by atoms with Crippen LogP contribution in [0.15, 0.2) is 53.4 Å². The lowest BCUT2D eigenvalue weighted by Gasteiger charge is -2.14. The van der Waals surface area contributed by atoms with Crippen molar-refractivity contribution in [3.63, 3.8) is 0 Å². The number of carboxylic acids is 1. The van der Waals surface area contributed by atoms with Crippen LogP contribution in [0.2, 0.25) is 0 Å². The number of amides is 2. The molecule has 2 heterocycles. The summed E-state index contributed by atoms with van der Waals surface area (Å²) < 4.78 is 0.297. The normalized spacial score (nSPS) is 19.1. The molecule has 0 saturated carbocycles. The number of para-hydroxylation sites is 1. The number of carbonyl (C=O) groups is 3. The van der Waals surface area contributed by atoms with Crippen molar-refractivity contribution in [1.82, 2.24) is 0 Å². The highest BCUT2D eigenvalue weighted by Gasteiger charge is 2.41. The third-order valence-electron chi connectivity index (χ3n) is 4.42. The molecule has 0 radical (unpaired) electrons. The molecule has 4 rings (SSSR count). The molecule has 0 unspecified atom stereocenters. The van der Waals surface area contributed by atoms with Gasteiger partial charge >= 0.3 is 5.97 Å². The second-order valence-corrected chi connectivity index (χ2v) is 7.59. The zero-order valence-corrected chi connectivity index (χ0v) is 15.6. The molecule has 0 aliphatic carbocycles. The Hall–Kier alpha value is -2.97. The summed E-state index contributed by atoms with van der Waals surface area (Å²) >= 11 is 6.43. The Balaban J connectivity index is 1.79. The van der Waals surface area contributed by atoms with Gasteiger partial charge in [-0.3, -0.25) is 14.5 Å². The van der Waals surface area contributed by atoms with Crippen molar-refractivity contribution in [1.29, 1.82) is 0 Å². The zero-order valence-electron chi connectivity index (χ0n) is 14.0. The van der Waals surface area contributed by atoms with Gasteiger partial charge < -0.3 is 10.0 Å². The first kappa shape index (κ1) is 17.4. The summed E-state index contributed by atoms with van der Waals surface area (Å²) in [6.07, 6.45) is 0. The van der Waals surface area contributed by atoms with Crippen LogP contribution in [0.4, 0.5) is 11.4 Å². The van der Waals surface area contributed by atoms with Gasteiger partial charge in [-0.1, -0.05) is 42.2 Å². The summed E-state index contributed by atoms with van der Waals surface area (Å²) in [5.74, 6) is -1.69. The van der Waals surface area contributed by atoms with Gasteiger partial charge in [0.15, 0.2) is 4.32 Å². The Morgan fingerprint density at radius 2 is 1.70 bits per heavy atom. The van der Waals surface area contributed by atoms with Gasteiger partial charge in [0, 0.05) is 12.6 Å². The lowest BCUT2D eigenvalue weighted by Crippen LogP contribution is -2.28. The van der Waals surface area contributed by atoms with Gasteiger partial charge in [-0.2, -0.15) is 0 Å². The maximum Gasteiger partial charge on any atom is 0.335 e. The number of hydrogen-bond donors (Lipinski definition) is 1. The minimum Gasteiger partial charge on any atom is -0.478 e. The average Bonchev–Trinajstić information content (AvgIpc) is 3.08. The monoisotopic (exact) mass is 396 g/mol. The quantitative estimate of drug-likeness (QED) is 0.621. The fraction of sp³-hybridized carbons (Fsp3) is 0.0526. The highest BCUT2D eigenvalue weighted by Crippen LogP contribution is 2.44. The number of nitrogens with zero attached hydrogens (tertiary/aromatic N) is 2.